The van der Waals surface area contributed by atoms with Gasteiger partial charge < -0.3 is 4.74 Å². The molecular formula is C12H18N2O2S. The van der Waals surface area contributed by atoms with Crippen molar-refractivity contribution in [1.29, 1.82) is 5.41 Å². The van der Waals surface area contributed by atoms with Crippen LogP contribution in [0.25, 0.3) is 0 Å². The predicted molar refractivity (Wildman–Crippen MR) is 67.0 cm³/mol. The first kappa shape index (κ1) is 11.5. The van der Waals surface area contributed by atoms with Gasteiger partial charge in [-0.15, -0.1) is 0 Å². The minimum atomic E-state index is -0.280. The van der Waals surface area contributed by atoms with Crippen molar-refractivity contribution in [2.75, 3.05) is 19.7 Å². The number of carbonyl (C=O) groups excluding carboxylic acids is 1. The Morgan fingerprint density at radius 2 is 2.24 bits per heavy atom. The molecule has 0 spiro atoms. The maximum Gasteiger partial charge on any atom is 0.315 e. The number of hydrogen-bond acceptors (Lipinski definition) is 5. The molecule has 4 rings (SSSR count). The molecule has 0 aliphatic carbocycles. The summed E-state index contributed by atoms with van der Waals surface area (Å²) in [6.45, 7) is 4.53. The van der Waals surface area contributed by atoms with Crippen LogP contribution in [-0.2, 0) is 9.53 Å². The van der Waals surface area contributed by atoms with Crippen molar-refractivity contribution in [2.45, 2.75) is 25.1 Å². The monoisotopic (exact) mass is 254 g/mol. The summed E-state index contributed by atoms with van der Waals surface area (Å²) < 4.78 is 5.14. The first-order chi connectivity index (χ1) is 8.22. The number of hydrogen-bond donors (Lipinski definition) is 1. The van der Waals surface area contributed by atoms with Gasteiger partial charge in [0.05, 0.1) is 17.0 Å². The molecule has 0 aromatic rings. The molecule has 0 amide bonds. The molecule has 94 valence electrons. The fraction of sp³-hybridized carbons (Fsp3) is 0.833. The van der Waals surface area contributed by atoms with Crippen LogP contribution in [0.2, 0.25) is 0 Å². The number of esters is 1. The van der Waals surface area contributed by atoms with Gasteiger partial charge in [-0.05, 0) is 38.8 Å². The van der Waals surface area contributed by atoms with E-state index in [9.17, 15) is 4.79 Å². The molecule has 4 aliphatic heterocycles. The van der Waals surface area contributed by atoms with Gasteiger partial charge in [0.1, 0.15) is 5.92 Å². The fourth-order valence-corrected chi connectivity index (χ4v) is 5.06. The van der Waals surface area contributed by atoms with Crippen molar-refractivity contribution < 1.29 is 9.53 Å². The number of nitrogens with one attached hydrogen (secondary N) is 1. The minimum Gasteiger partial charge on any atom is -0.465 e. The van der Waals surface area contributed by atoms with Crippen molar-refractivity contribution in [3.63, 3.8) is 0 Å². The average Bonchev–Trinajstić information content (AvgIpc) is 2.69. The number of ether oxygens (including phenoxy) is 1. The highest BCUT2D eigenvalue weighted by Gasteiger charge is 2.55. The largest absolute Gasteiger partial charge is 0.465 e. The molecular weight excluding hydrogens is 236 g/mol. The molecule has 3 atom stereocenters. The Morgan fingerprint density at radius 3 is 2.88 bits per heavy atom. The Balaban J connectivity index is 1.85. The Morgan fingerprint density at radius 1 is 1.53 bits per heavy atom. The Labute approximate surface area is 106 Å². The molecule has 0 radical (unpaired) electrons. The van der Waals surface area contributed by atoms with Crippen LogP contribution in [0.4, 0.5) is 0 Å². The van der Waals surface area contributed by atoms with Gasteiger partial charge in [0, 0.05) is 5.92 Å². The van der Waals surface area contributed by atoms with E-state index in [2.05, 4.69) is 4.90 Å². The third-order valence-electron chi connectivity index (χ3n) is 4.26. The lowest BCUT2D eigenvalue weighted by atomic mass is 9.73. The molecule has 1 N–H and O–H groups in total. The van der Waals surface area contributed by atoms with E-state index in [0.29, 0.717) is 28.9 Å². The van der Waals surface area contributed by atoms with Gasteiger partial charge in [0.15, 0.2) is 0 Å². The quantitative estimate of drug-likeness (QED) is 0.760. The molecule has 3 unspecified atom stereocenters. The normalized spacial score (nSPS) is 43.6. The first-order valence-corrected chi connectivity index (χ1v) is 7.26. The molecule has 17 heavy (non-hydrogen) atoms. The van der Waals surface area contributed by atoms with Crippen molar-refractivity contribution in [3.05, 3.63) is 0 Å². The summed E-state index contributed by atoms with van der Waals surface area (Å²) in [6.07, 6.45) is 2.37. The number of rotatable bonds is 2. The topological polar surface area (TPSA) is 53.4 Å². The van der Waals surface area contributed by atoms with Crippen molar-refractivity contribution in [2.24, 2.45) is 17.8 Å². The smallest absolute Gasteiger partial charge is 0.315 e. The number of nitrogens with zero attached hydrogens (tertiary/aromatic N) is 1. The van der Waals surface area contributed by atoms with Crippen LogP contribution in [0.3, 0.4) is 0 Å². The van der Waals surface area contributed by atoms with Crippen molar-refractivity contribution >= 4 is 22.8 Å². The number of piperidine rings is 3. The Kier molecular flexibility index (Phi) is 2.91. The minimum absolute atomic E-state index is 0.175. The zero-order chi connectivity index (χ0) is 12.0. The molecule has 0 aromatic carbocycles. The van der Waals surface area contributed by atoms with Crippen LogP contribution >= 0.6 is 11.8 Å². The molecule has 4 heterocycles. The molecule has 0 aromatic heterocycles. The zero-order valence-electron chi connectivity index (χ0n) is 10.0. The lowest BCUT2D eigenvalue weighted by molar-refractivity contribution is -0.149. The number of carbonyl (C=O) groups is 1. The van der Waals surface area contributed by atoms with Gasteiger partial charge in [0.25, 0.3) is 0 Å². The lowest BCUT2D eigenvalue weighted by Crippen LogP contribution is -2.53. The van der Waals surface area contributed by atoms with Gasteiger partial charge in [0.2, 0.25) is 0 Å². The molecule has 5 heteroatoms. The van der Waals surface area contributed by atoms with Crippen LogP contribution < -0.4 is 0 Å². The van der Waals surface area contributed by atoms with Gasteiger partial charge in [-0.25, -0.2) is 0 Å². The first-order valence-electron chi connectivity index (χ1n) is 6.38. The summed E-state index contributed by atoms with van der Waals surface area (Å²) in [5.74, 6) is 0.494. The van der Waals surface area contributed by atoms with E-state index in [1.807, 2.05) is 6.92 Å². The summed E-state index contributed by atoms with van der Waals surface area (Å²) in [4.78, 5) is 14.4. The molecule has 4 saturated heterocycles. The second-order valence-electron chi connectivity index (χ2n) is 5.05. The molecule has 4 aliphatic rings. The van der Waals surface area contributed by atoms with E-state index in [4.69, 9.17) is 10.1 Å². The maximum absolute atomic E-state index is 12.0. The highest BCUT2D eigenvalue weighted by molar-refractivity contribution is 8.14. The van der Waals surface area contributed by atoms with Crippen LogP contribution in [0.5, 0.6) is 0 Å². The SMILES string of the molecule is CCOC(=O)C1C(=N)SC2C1C1CCN2CC1. The highest BCUT2D eigenvalue weighted by Crippen LogP contribution is 2.52. The third kappa shape index (κ3) is 1.71. The maximum atomic E-state index is 12.0. The van der Waals surface area contributed by atoms with Crippen LogP contribution in [0, 0.1) is 23.2 Å². The summed E-state index contributed by atoms with van der Waals surface area (Å²) in [7, 11) is 0. The highest BCUT2D eigenvalue weighted by atomic mass is 32.2. The van der Waals surface area contributed by atoms with Gasteiger partial charge in [-0.3, -0.25) is 15.1 Å². The summed E-state index contributed by atoms with van der Waals surface area (Å²) in [5, 5.41) is 8.94. The van der Waals surface area contributed by atoms with Crippen molar-refractivity contribution in [3.8, 4) is 0 Å². The number of thioether (sulfide) groups is 1. The summed E-state index contributed by atoms with van der Waals surface area (Å²) in [6, 6.07) is 0. The van der Waals surface area contributed by atoms with E-state index in [1.54, 1.807) is 11.8 Å². The summed E-state index contributed by atoms with van der Waals surface area (Å²) >= 11 is 1.58. The van der Waals surface area contributed by atoms with E-state index in [1.165, 1.54) is 12.8 Å². The Bertz CT molecular complexity index is 352. The third-order valence-corrected chi connectivity index (χ3v) is 5.63. The predicted octanol–water partition coefficient (Wildman–Crippen LogP) is 1.56. The van der Waals surface area contributed by atoms with Crippen LogP contribution in [0.15, 0.2) is 0 Å². The van der Waals surface area contributed by atoms with Crippen LogP contribution in [-0.4, -0.2) is 41.0 Å². The van der Waals surface area contributed by atoms with Gasteiger partial charge in [-0.1, -0.05) is 11.8 Å². The standard InChI is InChI=1S/C12H18N2O2S/c1-2-16-12(15)9-8-7-3-5-14(6-4-7)11(8)17-10(9)13/h7-9,11,13H,2-6H2,1H3. The van der Waals surface area contributed by atoms with E-state index in [0.717, 1.165) is 13.1 Å². The summed E-state index contributed by atoms with van der Waals surface area (Å²) in [5.41, 5.74) is 0. The van der Waals surface area contributed by atoms with Gasteiger partial charge >= 0.3 is 5.97 Å². The second kappa shape index (κ2) is 4.28. The molecule has 0 saturated carbocycles. The average molecular weight is 254 g/mol. The number of fused-ring (bicyclic) bond motifs is 2. The van der Waals surface area contributed by atoms with Crippen molar-refractivity contribution in [1.82, 2.24) is 4.90 Å². The Hall–Kier alpha value is -0.550. The van der Waals surface area contributed by atoms with Gasteiger partial charge in [-0.2, -0.15) is 0 Å². The molecule has 4 nitrogen and oxygen atoms in total. The molecule has 4 fully saturated rings. The zero-order valence-corrected chi connectivity index (χ0v) is 10.8. The molecule has 2 bridgehead atoms. The van der Waals surface area contributed by atoms with E-state index < -0.39 is 0 Å². The fourth-order valence-electron chi connectivity index (χ4n) is 3.50. The van der Waals surface area contributed by atoms with E-state index in [-0.39, 0.29) is 11.9 Å². The lowest BCUT2D eigenvalue weighted by Gasteiger charge is -2.48. The second-order valence-corrected chi connectivity index (χ2v) is 6.21. The van der Waals surface area contributed by atoms with Crippen LogP contribution in [0.1, 0.15) is 19.8 Å². The van der Waals surface area contributed by atoms with E-state index >= 15 is 0 Å².